The van der Waals surface area contributed by atoms with Crippen molar-refractivity contribution in [1.29, 1.82) is 0 Å². The van der Waals surface area contributed by atoms with Gasteiger partial charge < -0.3 is 14.8 Å². The standard InChI is InChI=1S/C24H18ClFN4O5S/c1-2-34-18-10-14(8-9-17(18)35-21-16(26)12-27-23(25)29-21)11-19-22(32)30(24(33)36-19)13-20(31)28-15-6-4-3-5-7-15/h3-12H,2,13H2,1H3,(H,28,31)/b19-11+. The van der Waals surface area contributed by atoms with Crippen molar-refractivity contribution in [3.63, 3.8) is 0 Å². The summed E-state index contributed by atoms with van der Waals surface area (Å²) < 4.78 is 25.1. The third-order valence-corrected chi connectivity index (χ3v) is 5.78. The number of rotatable bonds is 8. The summed E-state index contributed by atoms with van der Waals surface area (Å²) in [6.45, 7) is 1.62. The number of carbonyl (C=O) groups excluding carboxylic acids is 3. The summed E-state index contributed by atoms with van der Waals surface area (Å²) in [5.74, 6) is -1.86. The maximum atomic E-state index is 14.0. The molecule has 1 aliphatic heterocycles. The van der Waals surface area contributed by atoms with Gasteiger partial charge in [-0.05, 0) is 66.2 Å². The maximum absolute atomic E-state index is 14.0. The van der Waals surface area contributed by atoms with Crippen LogP contribution < -0.4 is 14.8 Å². The second-order valence-electron chi connectivity index (χ2n) is 7.22. The number of para-hydroxylation sites is 1. The van der Waals surface area contributed by atoms with E-state index in [1.54, 1.807) is 49.4 Å². The third-order valence-electron chi connectivity index (χ3n) is 4.69. The second-order valence-corrected chi connectivity index (χ2v) is 8.55. The molecule has 0 radical (unpaired) electrons. The van der Waals surface area contributed by atoms with Crippen LogP contribution in [-0.2, 0) is 9.59 Å². The van der Waals surface area contributed by atoms with Crippen molar-refractivity contribution in [3.05, 3.63) is 76.3 Å². The normalized spacial score (nSPS) is 14.3. The topological polar surface area (TPSA) is 111 Å². The summed E-state index contributed by atoms with van der Waals surface area (Å²) in [6, 6.07) is 13.4. The van der Waals surface area contributed by atoms with Crippen molar-refractivity contribution in [2.45, 2.75) is 6.92 Å². The fourth-order valence-electron chi connectivity index (χ4n) is 3.13. The second kappa shape index (κ2) is 11.2. The Hall–Kier alpha value is -3.96. The Morgan fingerprint density at radius 1 is 1.19 bits per heavy atom. The molecule has 3 amide bonds. The molecule has 0 unspecified atom stereocenters. The van der Waals surface area contributed by atoms with Gasteiger partial charge in [0, 0.05) is 5.69 Å². The zero-order valence-corrected chi connectivity index (χ0v) is 20.3. The summed E-state index contributed by atoms with van der Waals surface area (Å²) in [5.41, 5.74) is 1.08. The number of nitrogens with one attached hydrogen (secondary N) is 1. The number of thioether (sulfide) groups is 1. The highest BCUT2D eigenvalue weighted by Gasteiger charge is 2.36. The van der Waals surface area contributed by atoms with Gasteiger partial charge in [-0.1, -0.05) is 24.3 Å². The lowest BCUT2D eigenvalue weighted by molar-refractivity contribution is -0.127. The molecule has 0 atom stereocenters. The zero-order valence-electron chi connectivity index (χ0n) is 18.7. The molecule has 184 valence electrons. The number of imide groups is 1. The number of hydrogen-bond acceptors (Lipinski definition) is 8. The summed E-state index contributed by atoms with van der Waals surface area (Å²) in [5, 5.41) is 1.90. The van der Waals surface area contributed by atoms with Gasteiger partial charge >= 0.3 is 0 Å². The minimum absolute atomic E-state index is 0.136. The summed E-state index contributed by atoms with van der Waals surface area (Å²) in [6.07, 6.45) is 2.38. The van der Waals surface area contributed by atoms with Gasteiger partial charge in [0.1, 0.15) is 6.54 Å². The van der Waals surface area contributed by atoms with E-state index in [4.69, 9.17) is 21.1 Å². The van der Waals surface area contributed by atoms with E-state index < -0.39 is 29.4 Å². The Morgan fingerprint density at radius 3 is 2.72 bits per heavy atom. The Balaban J connectivity index is 1.51. The van der Waals surface area contributed by atoms with Crippen LogP contribution in [0.3, 0.4) is 0 Å². The van der Waals surface area contributed by atoms with Crippen LogP contribution in [-0.4, -0.2) is 45.1 Å². The number of hydrogen-bond donors (Lipinski definition) is 1. The number of nitrogens with zero attached hydrogens (tertiary/aromatic N) is 3. The lowest BCUT2D eigenvalue weighted by Gasteiger charge is -2.13. The number of halogens is 2. The molecule has 1 aromatic heterocycles. The fourth-order valence-corrected chi connectivity index (χ4v) is 4.09. The van der Waals surface area contributed by atoms with Gasteiger partial charge in [0.15, 0.2) is 11.5 Å². The number of aromatic nitrogens is 2. The number of carbonyl (C=O) groups is 3. The SMILES string of the molecule is CCOc1cc(/C=C2/SC(=O)N(CC(=O)Nc3ccccc3)C2=O)ccc1Oc1nc(Cl)ncc1F. The highest BCUT2D eigenvalue weighted by Crippen LogP contribution is 2.36. The first-order chi connectivity index (χ1) is 17.3. The van der Waals surface area contributed by atoms with Gasteiger partial charge in [0.05, 0.1) is 17.7 Å². The predicted octanol–water partition coefficient (Wildman–Crippen LogP) is 5.14. The first-order valence-corrected chi connectivity index (χ1v) is 11.8. The predicted molar refractivity (Wildman–Crippen MR) is 132 cm³/mol. The summed E-state index contributed by atoms with van der Waals surface area (Å²) in [4.78, 5) is 45.8. The van der Waals surface area contributed by atoms with Crippen molar-refractivity contribution < 1.29 is 28.2 Å². The van der Waals surface area contributed by atoms with Crippen LogP contribution in [0.4, 0.5) is 14.9 Å². The van der Waals surface area contributed by atoms with E-state index in [0.29, 0.717) is 11.3 Å². The Labute approximate surface area is 214 Å². The summed E-state index contributed by atoms with van der Waals surface area (Å²) in [7, 11) is 0. The molecule has 3 aromatic rings. The zero-order chi connectivity index (χ0) is 25.7. The van der Waals surface area contributed by atoms with Gasteiger partial charge in [-0.15, -0.1) is 0 Å². The highest BCUT2D eigenvalue weighted by molar-refractivity contribution is 8.18. The van der Waals surface area contributed by atoms with E-state index in [1.165, 1.54) is 12.1 Å². The summed E-state index contributed by atoms with van der Waals surface area (Å²) >= 11 is 6.43. The molecule has 1 N–H and O–H groups in total. The molecule has 0 bridgehead atoms. The number of amides is 3. The molecule has 2 aromatic carbocycles. The first kappa shape index (κ1) is 25.1. The van der Waals surface area contributed by atoms with Crippen molar-refractivity contribution in [2.75, 3.05) is 18.5 Å². The van der Waals surface area contributed by atoms with Crippen LogP contribution in [0.5, 0.6) is 17.4 Å². The van der Waals surface area contributed by atoms with E-state index in [2.05, 4.69) is 15.3 Å². The molecule has 36 heavy (non-hydrogen) atoms. The van der Waals surface area contributed by atoms with Crippen molar-refractivity contribution >= 4 is 52.2 Å². The molecule has 1 fully saturated rings. The average molecular weight is 529 g/mol. The quantitative estimate of drug-likeness (QED) is 0.316. The first-order valence-electron chi connectivity index (χ1n) is 10.6. The van der Waals surface area contributed by atoms with Crippen LogP contribution in [0.15, 0.2) is 59.6 Å². The fraction of sp³-hybridized carbons (Fsp3) is 0.125. The van der Waals surface area contributed by atoms with Gasteiger partial charge in [0.2, 0.25) is 17.0 Å². The smallest absolute Gasteiger partial charge is 0.294 e. The van der Waals surface area contributed by atoms with Crippen molar-refractivity contribution in [3.8, 4) is 17.4 Å². The highest BCUT2D eigenvalue weighted by atomic mass is 35.5. The Bertz CT molecular complexity index is 1360. The average Bonchev–Trinajstić information content (AvgIpc) is 3.11. The largest absolute Gasteiger partial charge is 0.490 e. The Kier molecular flexibility index (Phi) is 7.81. The van der Waals surface area contributed by atoms with Crippen LogP contribution in [0.25, 0.3) is 6.08 Å². The third kappa shape index (κ3) is 5.99. The van der Waals surface area contributed by atoms with Gasteiger partial charge in [0.25, 0.3) is 17.0 Å². The number of ether oxygens (including phenoxy) is 2. The monoisotopic (exact) mass is 528 g/mol. The Morgan fingerprint density at radius 2 is 1.97 bits per heavy atom. The molecule has 1 aliphatic rings. The lowest BCUT2D eigenvalue weighted by Crippen LogP contribution is -2.36. The number of benzene rings is 2. The molecule has 12 heteroatoms. The van der Waals surface area contributed by atoms with E-state index in [-0.39, 0.29) is 34.2 Å². The van der Waals surface area contributed by atoms with Crippen molar-refractivity contribution in [2.24, 2.45) is 0 Å². The molecule has 0 aliphatic carbocycles. The van der Waals surface area contributed by atoms with E-state index in [9.17, 15) is 18.8 Å². The minimum atomic E-state index is -0.809. The lowest BCUT2D eigenvalue weighted by atomic mass is 10.2. The molecular weight excluding hydrogens is 511 g/mol. The molecule has 9 nitrogen and oxygen atoms in total. The van der Waals surface area contributed by atoms with Crippen LogP contribution in [0.1, 0.15) is 12.5 Å². The van der Waals surface area contributed by atoms with E-state index in [0.717, 1.165) is 22.9 Å². The molecule has 4 rings (SSSR count). The van der Waals surface area contributed by atoms with Gasteiger partial charge in [-0.2, -0.15) is 9.37 Å². The molecular formula is C24H18ClFN4O5S. The van der Waals surface area contributed by atoms with Gasteiger partial charge in [-0.25, -0.2) is 4.98 Å². The molecule has 1 saturated heterocycles. The van der Waals surface area contributed by atoms with E-state index >= 15 is 0 Å². The van der Waals surface area contributed by atoms with Crippen LogP contribution in [0, 0.1) is 5.82 Å². The number of anilines is 1. The molecule has 0 saturated carbocycles. The minimum Gasteiger partial charge on any atom is -0.490 e. The van der Waals surface area contributed by atoms with Crippen LogP contribution in [0.2, 0.25) is 5.28 Å². The maximum Gasteiger partial charge on any atom is 0.294 e. The van der Waals surface area contributed by atoms with Gasteiger partial charge in [-0.3, -0.25) is 19.3 Å². The molecule has 2 heterocycles. The molecule has 0 spiro atoms. The van der Waals surface area contributed by atoms with Crippen LogP contribution >= 0.6 is 23.4 Å². The van der Waals surface area contributed by atoms with Crippen molar-refractivity contribution in [1.82, 2.24) is 14.9 Å². The van der Waals surface area contributed by atoms with E-state index in [1.807, 2.05) is 0 Å².